The first-order valence-electron chi connectivity index (χ1n) is 6.77. The lowest BCUT2D eigenvalue weighted by Gasteiger charge is -2.43. The van der Waals surface area contributed by atoms with E-state index >= 15 is 0 Å². The van der Waals surface area contributed by atoms with Crippen LogP contribution in [0, 0.1) is 5.92 Å². The maximum atomic E-state index is 5.47. The van der Waals surface area contributed by atoms with Gasteiger partial charge in [-0.15, -0.1) is 0 Å². The average molecular weight is 226 g/mol. The van der Waals surface area contributed by atoms with Gasteiger partial charge < -0.3 is 15.0 Å². The number of nitrogens with zero attached hydrogens (tertiary/aromatic N) is 1. The molecule has 0 aliphatic carbocycles. The van der Waals surface area contributed by atoms with E-state index < -0.39 is 0 Å². The first-order valence-corrected chi connectivity index (χ1v) is 6.77. The van der Waals surface area contributed by atoms with Gasteiger partial charge in [0.1, 0.15) is 0 Å². The van der Waals surface area contributed by atoms with Crippen LogP contribution >= 0.6 is 0 Å². The minimum Gasteiger partial charge on any atom is -0.383 e. The van der Waals surface area contributed by atoms with E-state index in [1.807, 2.05) is 7.11 Å². The molecular weight excluding hydrogens is 200 g/mol. The number of methoxy groups -OCH3 is 1. The van der Waals surface area contributed by atoms with Crippen LogP contribution in [-0.4, -0.2) is 50.3 Å². The third-order valence-corrected chi connectivity index (χ3v) is 4.41. The second-order valence-corrected chi connectivity index (χ2v) is 5.35. The molecule has 0 aromatic heterocycles. The molecule has 1 N–H and O–H groups in total. The minimum atomic E-state index is 0.280. The van der Waals surface area contributed by atoms with Crippen LogP contribution in [0.1, 0.15) is 32.6 Å². The normalized spacial score (nSPS) is 36.8. The molecule has 94 valence electrons. The van der Waals surface area contributed by atoms with Crippen LogP contribution in [0.3, 0.4) is 0 Å². The molecule has 3 heteroatoms. The van der Waals surface area contributed by atoms with E-state index in [1.54, 1.807) is 0 Å². The summed E-state index contributed by atoms with van der Waals surface area (Å²) in [4.78, 5) is 2.59. The monoisotopic (exact) mass is 226 g/mol. The van der Waals surface area contributed by atoms with Gasteiger partial charge in [-0.25, -0.2) is 0 Å². The molecule has 0 aromatic rings. The molecule has 0 amide bonds. The van der Waals surface area contributed by atoms with Crippen molar-refractivity contribution in [3.05, 3.63) is 0 Å². The average Bonchev–Trinajstić information content (AvgIpc) is 2.80. The summed E-state index contributed by atoms with van der Waals surface area (Å²) in [5, 5.41) is 3.73. The molecule has 2 aliphatic rings. The van der Waals surface area contributed by atoms with E-state index in [9.17, 15) is 0 Å². The molecule has 2 aliphatic heterocycles. The Labute approximate surface area is 99.5 Å². The zero-order valence-electron chi connectivity index (χ0n) is 10.8. The van der Waals surface area contributed by atoms with Crippen molar-refractivity contribution in [2.45, 2.75) is 38.1 Å². The van der Waals surface area contributed by atoms with Crippen LogP contribution in [0.5, 0.6) is 0 Å². The first-order chi connectivity index (χ1) is 7.80. The first kappa shape index (κ1) is 12.3. The number of rotatable bonds is 4. The zero-order chi connectivity index (χ0) is 11.4. The third-order valence-electron chi connectivity index (χ3n) is 4.41. The van der Waals surface area contributed by atoms with E-state index in [-0.39, 0.29) is 5.54 Å². The summed E-state index contributed by atoms with van der Waals surface area (Å²) in [5.74, 6) is 0.781. The molecule has 16 heavy (non-hydrogen) atoms. The van der Waals surface area contributed by atoms with Crippen molar-refractivity contribution in [3.8, 4) is 0 Å². The smallest absolute Gasteiger partial charge is 0.0647 e. The molecule has 0 radical (unpaired) electrons. The Balaban J connectivity index is 2.01. The highest BCUT2D eigenvalue weighted by Gasteiger charge is 2.42. The Bertz CT molecular complexity index is 214. The van der Waals surface area contributed by atoms with Gasteiger partial charge >= 0.3 is 0 Å². The molecule has 2 heterocycles. The van der Waals surface area contributed by atoms with Crippen molar-refractivity contribution in [1.29, 1.82) is 0 Å². The number of ether oxygens (including phenoxy) is 1. The number of nitrogens with one attached hydrogen (secondary N) is 1. The number of hydrogen-bond donors (Lipinski definition) is 1. The zero-order valence-corrected chi connectivity index (χ0v) is 10.8. The van der Waals surface area contributed by atoms with Gasteiger partial charge in [-0.3, -0.25) is 0 Å². The van der Waals surface area contributed by atoms with Gasteiger partial charge in [-0.2, -0.15) is 0 Å². The Morgan fingerprint density at radius 1 is 1.44 bits per heavy atom. The Kier molecular flexibility index (Phi) is 4.22. The van der Waals surface area contributed by atoms with Crippen molar-refractivity contribution >= 4 is 0 Å². The molecule has 2 atom stereocenters. The molecule has 2 rings (SSSR count). The topological polar surface area (TPSA) is 24.5 Å². The summed E-state index contributed by atoms with van der Waals surface area (Å²) < 4.78 is 5.47. The quantitative estimate of drug-likeness (QED) is 0.786. The van der Waals surface area contributed by atoms with Crippen LogP contribution in [-0.2, 0) is 4.74 Å². The van der Waals surface area contributed by atoms with Gasteiger partial charge in [-0.1, -0.05) is 6.92 Å². The number of hydrogen-bond acceptors (Lipinski definition) is 3. The van der Waals surface area contributed by atoms with E-state index in [1.165, 1.54) is 51.9 Å². The predicted octanol–water partition coefficient (Wildman–Crippen LogP) is 1.49. The molecule has 2 unspecified atom stereocenters. The van der Waals surface area contributed by atoms with Crippen molar-refractivity contribution < 1.29 is 4.74 Å². The summed E-state index contributed by atoms with van der Waals surface area (Å²) in [6.07, 6.45) is 5.33. The molecular formula is C13H26N2O. The largest absolute Gasteiger partial charge is 0.383 e. The molecule has 0 spiro atoms. The summed E-state index contributed by atoms with van der Waals surface area (Å²) >= 11 is 0. The summed E-state index contributed by atoms with van der Waals surface area (Å²) in [6.45, 7) is 8.07. The maximum Gasteiger partial charge on any atom is 0.0647 e. The Morgan fingerprint density at radius 2 is 2.31 bits per heavy atom. The molecule has 0 bridgehead atoms. The summed E-state index contributed by atoms with van der Waals surface area (Å²) in [7, 11) is 1.84. The van der Waals surface area contributed by atoms with Crippen molar-refractivity contribution in [3.63, 3.8) is 0 Å². The fourth-order valence-corrected chi connectivity index (χ4v) is 3.47. The Hall–Kier alpha value is -0.120. The lowest BCUT2D eigenvalue weighted by atomic mass is 9.78. The van der Waals surface area contributed by atoms with E-state index in [2.05, 4.69) is 17.1 Å². The van der Waals surface area contributed by atoms with E-state index in [4.69, 9.17) is 4.74 Å². The molecule has 0 aromatic carbocycles. The third kappa shape index (κ3) is 2.41. The lowest BCUT2D eigenvalue weighted by molar-refractivity contribution is 0.0422. The van der Waals surface area contributed by atoms with Crippen LogP contribution in [0.15, 0.2) is 0 Å². The number of likely N-dealkylation sites (tertiary alicyclic amines) is 1. The van der Waals surface area contributed by atoms with E-state index in [0.29, 0.717) is 0 Å². The molecule has 0 saturated carbocycles. The van der Waals surface area contributed by atoms with Gasteiger partial charge in [0.05, 0.1) is 6.61 Å². The second kappa shape index (κ2) is 5.48. The van der Waals surface area contributed by atoms with Crippen molar-refractivity contribution in [1.82, 2.24) is 10.2 Å². The summed E-state index contributed by atoms with van der Waals surface area (Å²) in [5.41, 5.74) is 0.280. The lowest BCUT2D eigenvalue weighted by Crippen LogP contribution is -2.55. The Morgan fingerprint density at radius 3 is 2.94 bits per heavy atom. The van der Waals surface area contributed by atoms with Gasteiger partial charge in [0.25, 0.3) is 0 Å². The van der Waals surface area contributed by atoms with Gasteiger partial charge in [0.2, 0.25) is 0 Å². The van der Waals surface area contributed by atoms with Crippen LogP contribution in [0.25, 0.3) is 0 Å². The van der Waals surface area contributed by atoms with Crippen molar-refractivity contribution in [2.75, 3.05) is 39.9 Å². The highest BCUT2D eigenvalue weighted by molar-refractivity contribution is 5.00. The molecule has 2 saturated heterocycles. The van der Waals surface area contributed by atoms with Gasteiger partial charge in [-0.05, 0) is 51.2 Å². The highest BCUT2D eigenvalue weighted by Crippen LogP contribution is 2.34. The predicted molar refractivity (Wildman–Crippen MR) is 66.7 cm³/mol. The fourth-order valence-electron chi connectivity index (χ4n) is 3.47. The minimum absolute atomic E-state index is 0.280. The number of piperidine rings is 1. The second-order valence-electron chi connectivity index (χ2n) is 5.35. The van der Waals surface area contributed by atoms with Gasteiger partial charge in [0.15, 0.2) is 0 Å². The van der Waals surface area contributed by atoms with Crippen molar-refractivity contribution in [2.24, 2.45) is 5.92 Å². The fraction of sp³-hybridized carbons (Fsp3) is 1.00. The standard InChI is InChI=1S/C13H26N2O/c1-3-15-9-4-6-12(10-15)13(11-16-2)7-5-8-14-13/h12,14H,3-11H2,1-2H3. The SMILES string of the molecule is CCN1CCCC(C2(COC)CCCN2)C1. The van der Waals surface area contributed by atoms with E-state index in [0.717, 1.165) is 12.5 Å². The van der Waals surface area contributed by atoms with Crippen LogP contribution in [0.4, 0.5) is 0 Å². The molecule has 3 nitrogen and oxygen atoms in total. The maximum absolute atomic E-state index is 5.47. The molecule has 2 fully saturated rings. The van der Waals surface area contributed by atoms with Gasteiger partial charge in [0, 0.05) is 19.2 Å². The highest BCUT2D eigenvalue weighted by atomic mass is 16.5. The van der Waals surface area contributed by atoms with Crippen LogP contribution < -0.4 is 5.32 Å². The van der Waals surface area contributed by atoms with Crippen LogP contribution in [0.2, 0.25) is 0 Å². The summed E-state index contributed by atoms with van der Waals surface area (Å²) in [6, 6.07) is 0.